The summed E-state index contributed by atoms with van der Waals surface area (Å²) in [6, 6.07) is 20.4. The monoisotopic (exact) mass is 349 g/mol. The first-order valence-electron chi connectivity index (χ1n) is 8.79. The van der Waals surface area contributed by atoms with Gasteiger partial charge in [0.2, 0.25) is 0 Å². The first-order chi connectivity index (χ1) is 12.6. The second-order valence-electron chi connectivity index (χ2n) is 6.86. The molecule has 1 aliphatic carbocycles. The van der Waals surface area contributed by atoms with Crippen molar-refractivity contribution in [3.05, 3.63) is 78.1 Å². The van der Waals surface area contributed by atoms with Crippen LogP contribution in [0.5, 0.6) is 5.75 Å². The molecule has 0 atom stereocenters. The molecule has 3 aromatic carbocycles. The highest BCUT2D eigenvalue weighted by Crippen LogP contribution is 2.47. The lowest BCUT2D eigenvalue weighted by Gasteiger charge is -2.17. The average Bonchev–Trinajstić information content (AvgIpc) is 3.46. The van der Waals surface area contributed by atoms with Crippen LogP contribution < -0.4 is 10.1 Å². The number of fused-ring (bicyclic) bond motifs is 1. The second-order valence-corrected chi connectivity index (χ2v) is 6.86. The molecule has 0 spiro atoms. The van der Waals surface area contributed by atoms with E-state index in [2.05, 4.69) is 5.32 Å². The summed E-state index contributed by atoms with van der Waals surface area (Å²) in [5.74, 6) is 0.294. The second kappa shape index (κ2) is 6.79. The number of hydrogen-bond acceptors (Lipinski definition) is 2. The van der Waals surface area contributed by atoms with Crippen LogP contribution in [0.4, 0.5) is 4.39 Å². The standard InChI is InChI=1S/C22H20FNO2/c23-19-8-6-18(7-9-19)22(11-12-22)15-24-21(25)14-26-20-10-5-16-3-1-2-4-17(16)13-20/h1-10,13H,11-12,14-15H2,(H,24,25). The van der Waals surface area contributed by atoms with Crippen LogP contribution in [0.25, 0.3) is 10.8 Å². The minimum atomic E-state index is -0.239. The molecule has 0 bridgehead atoms. The number of hydrogen-bond donors (Lipinski definition) is 1. The Hall–Kier alpha value is -2.88. The van der Waals surface area contributed by atoms with E-state index < -0.39 is 0 Å². The van der Waals surface area contributed by atoms with E-state index in [9.17, 15) is 9.18 Å². The number of carbonyl (C=O) groups is 1. The van der Waals surface area contributed by atoms with Gasteiger partial charge in [0.1, 0.15) is 11.6 Å². The molecule has 4 heteroatoms. The largest absolute Gasteiger partial charge is 0.484 e. The Kier molecular flexibility index (Phi) is 4.33. The SMILES string of the molecule is O=C(COc1ccc2ccccc2c1)NCC1(c2ccc(F)cc2)CC1. The molecule has 4 rings (SSSR count). The zero-order valence-corrected chi connectivity index (χ0v) is 14.4. The number of carbonyl (C=O) groups excluding carboxylic acids is 1. The van der Waals surface area contributed by atoms with Gasteiger partial charge >= 0.3 is 0 Å². The Bertz CT molecular complexity index is 932. The highest BCUT2D eigenvalue weighted by Gasteiger charge is 2.44. The highest BCUT2D eigenvalue weighted by molar-refractivity contribution is 5.84. The molecule has 0 heterocycles. The van der Waals surface area contributed by atoms with Crippen LogP contribution >= 0.6 is 0 Å². The van der Waals surface area contributed by atoms with Crippen molar-refractivity contribution in [2.45, 2.75) is 18.3 Å². The molecule has 0 aliphatic heterocycles. The normalized spacial score (nSPS) is 14.8. The minimum absolute atomic E-state index is 0.0160. The summed E-state index contributed by atoms with van der Waals surface area (Å²) in [4.78, 5) is 12.1. The van der Waals surface area contributed by atoms with Gasteiger partial charge in [-0.2, -0.15) is 0 Å². The number of nitrogens with one attached hydrogen (secondary N) is 1. The molecule has 1 fully saturated rings. The van der Waals surface area contributed by atoms with E-state index >= 15 is 0 Å². The van der Waals surface area contributed by atoms with E-state index in [1.165, 1.54) is 12.1 Å². The van der Waals surface area contributed by atoms with Gasteiger partial charge in [-0.05, 0) is 53.4 Å². The first kappa shape index (κ1) is 16.6. The highest BCUT2D eigenvalue weighted by atomic mass is 19.1. The predicted octanol–water partition coefficient (Wildman–Crippen LogP) is 4.21. The maximum atomic E-state index is 13.1. The van der Waals surface area contributed by atoms with Crippen molar-refractivity contribution in [1.29, 1.82) is 0 Å². The van der Waals surface area contributed by atoms with Crippen LogP contribution in [-0.2, 0) is 10.2 Å². The van der Waals surface area contributed by atoms with Gasteiger partial charge in [0.25, 0.3) is 5.91 Å². The van der Waals surface area contributed by atoms with Gasteiger partial charge in [-0.1, -0.05) is 42.5 Å². The molecule has 0 aromatic heterocycles. The summed E-state index contributed by atoms with van der Waals surface area (Å²) >= 11 is 0. The molecule has 1 N–H and O–H groups in total. The van der Waals surface area contributed by atoms with Gasteiger partial charge in [-0.25, -0.2) is 4.39 Å². The molecule has 0 unspecified atom stereocenters. The fourth-order valence-electron chi connectivity index (χ4n) is 3.25. The van der Waals surface area contributed by atoms with Crippen molar-refractivity contribution in [3.8, 4) is 5.75 Å². The van der Waals surface area contributed by atoms with Crippen molar-refractivity contribution in [2.24, 2.45) is 0 Å². The van der Waals surface area contributed by atoms with E-state index in [0.717, 1.165) is 29.2 Å². The molecule has 1 saturated carbocycles. The average molecular weight is 349 g/mol. The molecule has 1 amide bonds. The van der Waals surface area contributed by atoms with E-state index in [4.69, 9.17) is 4.74 Å². The zero-order valence-electron chi connectivity index (χ0n) is 14.4. The summed E-state index contributed by atoms with van der Waals surface area (Å²) in [7, 11) is 0. The van der Waals surface area contributed by atoms with Crippen LogP contribution in [0.3, 0.4) is 0 Å². The fourth-order valence-corrected chi connectivity index (χ4v) is 3.25. The smallest absolute Gasteiger partial charge is 0.257 e. The maximum Gasteiger partial charge on any atom is 0.257 e. The van der Waals surface area contributed by atoms with Gasteiger partial charge in [0.05, 0.1) is 0 Å². The lowest BCUT2D eigenvalue weighted by atomic mass is 9.96. The first-order valence-corrected chi connectivity index (χ1v) is 8.79. The Balaban J connectivity index is 1.32. The van der Waals surface area contributed by atoms with Crippen LogP contribution in [0, 0.1) is 5.82 Å². The Morgan fingerprint density at radius 2 is 1.73 bits per heavy atom. The van der Waals surface area contributed by atoms with Gasteiger partial charge in [0.15, 0.2) is 6.61 Å². The third-order valence-electron chi connectivity index (χ3n) is 5.02. The summed E-state index contributed by atoms with van der Waals surface area (Å²) in [6.07, 6.45) is 2.01. The quantitative estimate of drug-likeness (QED) is 0.724. The summed E-state index contributed by atoms with van der Waals surface area (Å²) in [6.45, 7) is 0.538. The van der Waals surface area contributed by atoms with E-state index in [0.29, 0.717) is 12.3 Å². The summed E-state index contributed by atoms with van der Waals surface area (Å²) in [5, 5.41) is 5.17. The topological polar surface area (TPSA) is 38.3 Å². The predicted molar refractivity (Wildman–Crippen MR) is 99.8 cm³/mol. The van der Waals surface area contributed by atoms with Crippen LogP contribution in [-0.4, -0.2) is 19.1 Å². The number of benzene rings is 3. The summed E-state index contributed by atoms with van der Waals surface area (Å²) < 4.78 is 18.7. The van der Waals surface area contributed by atoms with Gasteiger partial charge in [-0.15, -0.1) is 0 Å². The Morgan fingerprint density at radius 3 is 2.46 bits per heavy atom. The van der Waals surface area contributed by atoms with E-state index in [1.807, 2.05) is 42.5 Å². The molecule has 3 aromatic rings. The van der Waals surface area contributed by atoms with Crippen molar-refractivity contribution in [1.82, 2.24) is 5.32 Å². The molecule has 1 aliphatic rings. The zero-order chi connectivity index (χ0) is 18.0. The van der Waals surface area contributed by atoms with Crippen LogP contribution in [0.1, 0.15) is 18.4 Å². The molecular formula is C22H20FNO2. The lowest BCUT2D eigenvalue weighted by Crippen LogP contribution is -2.35. The number of halogens is 1. The molecular weight excluding hydrogens is 329 g/mol. The molecule has 0 radical (unpaired) electrons. The maximum absolute atomic E-state index is 13.1. The van der Waals surface area contributed by atoms with Crippen molar-refractivity contribution < 1.29 is 13.9 Å². The number of amides is 1. The van der Waals surface area contributed by atoms with Crippen LogP contribution in [0.15, 0.2) is 66.7 Å². The third kappa shape index (κ3) is 3.54. The Labute approximate surface area is 151 Å². The molecule has 26 heavy (non-hydrogen) atoms. The van der Waals surface area contributed by atoms with E-state index in [-0.39, 0.29) is 23.7 Å². The molecule has 0 saturated heterocycles. The number of rotatable bonds is 6. The van der Waals surface area contributed by atoms with Gasteiger partial charge in [0, 0.05) is 12.0 Å². The van der Waals surface area contributed by atoms with Crippen molar-refractivity contribution in [2.75, 3.05) is 13.2 Å². The third-order valence-corrected chi connectivity index (χ3v) is 5.02. The fraction of sp³-hybridized carbons (Fsp3) is 0.227. The van der Waals surface area contributed by atoms with Crippen LogP contribution in [0.2, 0.25) is 0 Å². The van der Waals surface area contributed by atoms with Crippen molar-refractivity contribution in [3.63, 3.8) is 0 Å². The van der Waals surface area contributed by atoms with E-state index in [1.54, 1.807) is 12.1 Å². The van der Waals surface area contributed by atoms with Gasteiger partial charge < -0.3 is 10.1 Å². The minimum Gasteiger partial charge on any atom is -0.484 e. The van der Waals surface area contributed by atoms with Gasteiger partial charge in [-0.3, -0.25) is 4.79 Å². The number of ether oxygens (including phenoxy) is 1. The molecule has 3 nitrogen and oxygen atoms in total. The van der Waals surface area contributed by atoms with Crippen molar-refractivity contribution >= 4 is 16.7 Å². The molecule has 132 valence electrons. The summed E-state index contributed by atoms with van der Waals surface area (Å²) in [5.41, 5.74) is 1.03. The lowest BCUT2D eigenvalue weighted by molar-refractivity contribution is -0.123. The Morgan fingerprint density at radius 1 is 1.00 bits per heavy atom.